The summed E-state index contributed by atoms with van der Waals surface area (Å²) in [7, 11) is 0. The number of benzene rings is 1. The number of ether oxygens (including phenoxy) is 4. The predicted molar refractivity (Wildman–Crippen MR) is 113 cm³/mol. The van der Waals surface area contributed by atoms with Crippen LogP contribution in [0.3, 0.4) is 0 Å². The van der Waals surface area contributed by atoms with Crippen LogP contribution in [0, 0.1) is 6.92 Å². The number of aliphatic hydroxyl groups is 6. The summed E-state index contributed by atoms with van der Waals surface area (Å²) in [6.45, 7) is 2.95. The Balaban J connectivity index is 1.46. The number of fused-ring (bicyclic) bond motifs is 1. The van der Waals surface area contributed by atoms with Gasteiger partial charge in [0.05, 0.1) is 24.2 Å². The lowest BCUT2D eigenvalue weighted by molar-refractivity contribution is -0.320. The third-order valence-electron chi connectivity index (χ3n) is 6.09. The fourth-order valence-electron chi connectivity index (χ4n) is 4.16. The molecule has 2 aromatic rings. The molecule has 10 atom stereocenters. The molecule has 3 heterocycles. The van der Waals surface area contributed by atoms with Crippen LogP contribution < -0.4 is 10.4 Å². The molecule has 2 saturated heterocycles. The molecule has 12 nitrogen and oxygen atoms in total. The summed E-state index contributed by atoms with van der Waals surface area (Å²) in [6.07, 6.45) is -14.2. The Labute approximate surface area is 193 Å². The highest BCUT2D eigenvalue weighted by Crippen LogP contribution is 2.32. The van der Waals surface area contributed by atoms with Gasteiger partial charge in [-0.3, -0.25) is 0 Å². The monoisotopic (exact) mass is 484 g/mol. The van der Waals surface area contributed by atoms with Gasteiger partial charge < -0.3 is 54.0 Å². The van der Waals surface area contributed by atoms with Crippen molar-refractivity contribution in [1.29, 1.82) is 0 Å². The molecule has 2 aliphatic heterocycles. The van der Waals surface area contributed by atoms with E-state index in [0.717, 1.165) is 11.6 Å². The third-order valence-corrected chi connectivity index (χ3v) is 6.09. The molecule has 12 heteroatoms. The van der Waals surface area contributed by atoms with Gasteiger partial charge in [0.2, 0.25) is 0 Å². The molecule has 0 bridgehead atoms. The van der Waals surface area contributed by atoms with Crippen molar-refractivity contribution >= 4 is 11.0 Å². The molecular weight excluding hydrogens is 456 g/mol. The van der Waals surface area contributed by atoms with Crippen molar-refractivity contribution in [2.45, 2.75) is 75.3 Å². The zero-order valence-corrected chi connectivity index (χ0v) is 18.4. The van der Waals surface area contributed by atoms with Crippen molar-refractivity contribution in [2.75, 3.05) is 6.61 Å². The lowest BCUT2D eigenvalue weighted by atomic mass is 9.98. The minimum atomic E-state index is -1.74. The van der Waals surface area contributed by atoms with E-state index in [2.05, 4.69) is 0 Å². The standard InChI is InChI=1S/C22H28O12/c1-8-4-3-5-10-14(8)11(6-13(23)32-10)33-20-9(2)31-22(19(28)17(20)26)30-7-12-15(24)16(25)18(27)21(29)34-12/h3-6,9,12,15-22,24-29H,7H2,1-2H3. The van der Waals surface area contributed by atoms with Gasteiger partial charge >= 0.3 is 5.63 Å². The summed E-state index contributed by atoms with van der Waals surface area (Å²) >= 11 is 0. The normalized spacial score (nSPS) is 38.7. The molecule has 2 fully saturated rings. The van der Waals surface area contributed by atoms with E-state index in [1.165, 1.54) is 0 Å². The van der Waals surface area contributed by atoms with Gasteiger partial charge in [-0.2, -0.15) is 0 Å². The number of hydrogen-bond acceptors (Lipinski definition) is 12. The second-order valence-corrected chi connectivity index (χ2v) is 8.52. The molecule has 34 heavy (non-hydrogen) atoms. The van der Waals surface area contributed by atoms with Crippen LogP contribution in [0.1, 0.15) is 12.5 Å². The molecule has 1 aromatic heterocycles. The van der Waals surface area contributed by atoms with Crippen LogP contribution in [0.25, 0.3) is 11.0 Å². The van der Waals surface area contributed by atoms with Crippen LogP contribution in [0.15, 0.2) is 33.5 Å². The Kier molecular flexibility index (Phi) is 7.24. The highest BCUT2D eigenvalue weighted by molar-refractivity contribution is 5.86. The summed E-state index contributed by atoms with van der Waals surface area (Å²) < 4.78 is 27.3. The zero-order valence-electron chi connectivity index (χ0n) is 18.4. The van der Waals surface area contributed by atoms with E-state index in [4.69, 9.17) is 23.4 Å². The highest BCUT2D eigenvalue weighted by Gasteiger charge is 2.47. The molecule has 0 aliphatic carbocycles. The van der Waals surface area contributed by atoms with E-state index in [-0.39, 0.29) is 5.75 Å². The van der Waals surface area contributed by atoms with Gasteiger partial charge in [0.1, 0.15) is 48.0 Å². The summed E-state index contributed by atoms with van der Waals surface area (Å²) in [5.41, 5.74) is 0.440. The average molecular weight is 484 g/mol. The van der Waals surface area contributed by atoms with E-state index >= 15 is 0 Å². The van der Waals surface area contributed by atoms with Gasteiger partial charge in [-0.05, 0) is 25.5 Å². The minimum absolute atomic E-state index is 0.163. The molecule has 0 radical (unpaired) electrons. The Bertz CT molecular complexity index is 1060. The minimum Gasteiger partial charge on any atom is -0.484 e. The topological polar surface area (TPSA) is 189 Å². The van der Waals surface area contributed by atoms with Crippen LogP contribution in [-0.2, 0) is 14.2 Å². The van der Waals surface area contributed by atoms with Crippen LogP contribution >= 0.6 is 0 Å². The number of aryl methyl sites for hydroxylation is 1. The van der Waals surface area contributed by atoms with E-state index in [9.17, 15) is 35.4 Å². The maximum Gasteiger partial charge on any atom is 0.339 e. The lowest BCUT2D eigenvalue weighted by Gasteiger charge is -2.42. The Hall–Kier alpha value is -2.13. The van der Waals surface area contributed by atoms with Crippen LogP contribution in [0.4, 0.5) is 0 Å². The van der Waals surface area contributed by atoms with Crippen LogP contribution in [0.5, 0.6) is 5.75 Å². The molecule has 1 aromatic carbocycles. The van der Waals surface area contributed by atoms with Gasteiger partial charge in [-0.25, -0.2) is 4.79 Å². The Morgan fingerprint density at radius 3 is 2.41 bits per heavy atom. The molecule has 2 aliphatic rings. The van der Waals surface area contributed by atoms with Crippen molar-refractivity contribution in [3.05, 3.63) is 40.2 Å². The van der Waals surface area contributed by atoms with Gasteiger partial charge in [-0.15, -0.1) is 0 Å². The highest BCUT2D eigenvalue weighted by atomic mass is 16.7. The number of aliphatic hydroxyl groups excluding tert-OH is 6. The largest absolute Gasteiger partial charge is 0.484 e. The molecule has 10 unspecified atom stereocenters. The number of hydrogen-bond donors (Lipinski definition) is 6. The molecule has 0 saturated carbocycles. The quantitative estimate of drug-likeness (QED) is 0.260. The smallest absolute Gasteiger partial charge is 0.339 e. The van der Waals surface area contributed by atoms with E-state index in [0.29, 0.717) is 11.0 Å². The van der Waals surface area contributed by atoms with Crippen molar-refractivity contribution in [2.24, 2.45) is 0 Å². The summed E-state index contributed by atoms with van der Waals surface area (Å²) in [5, 5.41) is 60.8. The second kappa shape index (κ2) is 9.85. The summed E-state index contributed by atoms with van der Waals surface area (Å²) in [6, 6.07) is 6.29. The number of rotatable bonds is 5. The first-order chi connectivity index (χ1) is 16.1. The summed E-state index contributed by atoms with van der Waals surface area (Å²) in [5.74, 6) is 0.163. The van der Waals surface area contributed by atoms with Crippen LogP contribution in [0.2, 0.25) is 0 Å². The molecule has 4 rings (SSSR count). The van der Waals surface area contributed by atoms with Crippen molar-refractivity contribution < 1.29 is 54.0 Å². The average Bonchev–Trinajstić information content (AvgIpc) is 2.79. The van der Waals surface area contributed by atoms with Crippen LogP contribution in [-0.4, -0.2) is 98.7 Å². The van der Waals surface area contributed by atoms with Gasteiger partial charge in [0, 0.05) is 0 Å². The predicted octanol–water partition coefficient (Wildman–Crippen LogP) is -1.87. The molecule has 188 valence electrons. The molecule has 6 N–H and O–H groups in total. The molecule has 0 amide bonds. The zero-order chi connectivity index (χ0) is 24.7. The van der Waals surface area contributed by atoms with Crippen molar-refractivity contribution in [1.82, 2.24) is 0 Å². The maximum atomic E-state index is 12.0. The molecular formula is C22H28O12. The Morgan fingerprint density at radius 1 is 0.941 bits per heavy atom. The molecule has 0 spiro atoms. The van der Waals surface area contributed by atoms with E-state index < -0.39 is 73.6 Å². The first kappa shape index (κ1) is 25.0. The fraction of sp³-hybridized carbons (Fsp3) is 0.591. The SMILES string of the molecule is Cc1cccc2oc(=O)cc(OC3C(C)OC(OCC4OC(O)C(O)C(O)C4O)C(O)C3O)c12. The lowest BCUT2D eigenvalue weighted by Crippen LogP contribution is -2.61. The van der Waals surface area contributed by atoms with Gasteiger partial charge in [0.15, 0.2) is 18.7 Å². The fourth-order valence-corrected chi connectivity index (χ4v) is 4.16. The Morgan fingerprint density at radius 2 is 1.68 bits per heavy atom. The maximum absolute atomic E-state index is 12.0. The van der Waals surface area contributed by atoms with E-state index in [1.807, 2.05) is 0 Å². The first-order valence-electron chi connectivity index (χ1n) is 10.8. The third kappa shape index (κ3) is 4.69. The van der Waals surface area contributed by atoms with Gasteiger partial charge in [0.25, 0.3) is 0 Å². The second-order valence-electron chi connectivity index (χ2n) is 8.52. The first-order valence-corrected chi connectivity index (χ1v) is 10.8. The van der Waals surface area contributed by atoms with Crippen molar-refractivity contribution in [3.8, 4) is 5.75 Å². The van der Waals surface area contributed by atoms with Crippen molar-refractivity contribution in [3.63, 3.8) is 0 Å². The summed E-state index contributed by atoms with van der Waals surface area (Å²) in [4.78, 5) is 12.0. The van der Waals surface area contributed by atoms with Gasteiger partial charge in [-0.1, -0.05) is 12.1 Å². The van der Waals surface area contributed by atoms with E-state index in [1.54, 1.807) is 32.0 Å².